The van der Waals surface area contributed by atoms with Crippen LogP contribution < -0.4 is 5.32 Å². The molecular formula is C19H20N2OS. The largest absolute Gasteiger partial charge is 0.304 e. The number of carbonyl (C=O) groups excluding carboxylic acids is 1. The third-order valence-electron chi connectivity index (χ3n) is 3.83. The van der Waals surface area contributed by atoms with Crippen LogP contribution in [0, 0.1) is 0 Å². The zero-order valence-corrected chi connectivity index (χ0v) is 14.1. The molecule has 1 amide bonds. The number of benzene rings is 2. The van der Waals surface area contributed by atoms with Crippen LogP contribution in [0.4, 0.5) is 5.69 Å². The van der Waals surface area contributed by atoms with Gasteiger partial charge in [-0.1, -0.05) is 68.1 Å². The van der Waals surface area contributed by atoms with Crippen molar-refractivity contribution >= 4 is 28.5 Å². The van der Waals surface area contributed by atoms with Gasteiger partial charge in [-0.3, -0.25) is 4.79 Å². The normalized spacial score (nSPS) is 19.3. The van der Waals surface area contributed by atoms with Crippen LogP contribution in [0.15, 0.2) is 59.6 Å². The van der Waals surface area contributed by atoms with Gasteiger partial charge in [-0.25, -0.2) is 4.99 Å². The summed E-state index contributed by atoms with van der Waals surface area (Å²) < 4.78 is 0. The lowest BCUT2D eigenvalue weighted by molar-refractivity contribution is -0.118. The number of rotatable bonds is 4. The Morgan fingerprint density at radius 1 is 1.09 bits per heavy atom. The van der Waals surface area contributed by atoms with Gasteiger partial charge in [0, 0.05) is 0 Å². The monoisotopic (exact) mass is 324 g/mol. The smallest absolute Gasteiger partial charge is 0.239 e. The number of nitrogens with zero attached hydrogens (tertiary/aromatic N) is 1. The lowest BCUT2D eigenvalue weighted by Gasteiger charge is -2.05. The van der Waals surface area contributed by atoms with Gasteiger partial charge < -0.3 is 5.32 Å². The van der Waals surface area contributed by atoms with Crippen molar-refractivity contribution in [1.82, 2.24) is 5.32 Å². The molecule has 0 spiro atoms. The lowest BCUT2D eigenvalue weighted by atomic mass is 10.0. The molecule has 2 aromatic carbocycles. The summed E-state index contributed by atoms with van der Waals surface area (Å²) >= 11 is 1.51. The minimum atomic E-state index is -0.105. The quantitative estimate of drug-likeness (QED) is 0.912. The highest BCUT2D eigenvalue weighted by atomic mass is 32.2. The summed E-state index contributed by atoms with van der Waals surface area (Å²) in [5.41, 5.74) is 3.33. The first-order valence-electron chi connectivity index (χ1n) is 7.82. The fraction of sp³-hybridized carbons (Fsp3) is 0.263. The molecule has 2 aromatic rings. The third-order valence-corrected chi connectivity index (χ3v) is 4.91. The summed E-state index contributed by atoms with van der Waals surface area (Å²) in [6.45, 7) is 4.34. The molecule has 1 aliphatic rings. The first kappa shape index (κ1) is 15.8. The maximum Gasteiger partial charge on any atom is 0.239 e. The molecule has 1 fully saturated rings. The summed E-state index contributed by atoms with van der Waals surface area (Å²) in [7, 11) is 0. The van der Waals surface area contributed by atoms with Crippen LogP contribution >= 0.6 is 11.8 Å². The molecule has 0 radical (unpaired) electrons. The molecule has 23 heavy (non-hydrogen) atoms. The second kappa shape index (κ2) is 7.01. The van der Waals surface area contributed by atoms with Crippen molar-refractivity contribution in [2.75, 3.05) is 0 Å². The topological polar surface area (TPSA) is 41.5 Å². The maximum absolute atomic E-state index is 12.1. The number of hydrogen-bond donors (Lipinski definition) is 1. The summed E-state index contributed by atoms with van der Waals surface area (Å²) in [5.74, 6) is 0.545. The minimum Gasteiger partial charge on any atom is -0.304 e. The second-order valence-corrected chi connectivity index (χ2v) is 7.14. The summed E-state index contributed by atoms with van der Waals surface area (Å²) in [4.78, 5) is 16.7. The van der Waals surface area contributed by atoms with Crippen molar-refractivity contribution in [3.05, 3.63) is 65.7 Å². The number of nitrogens with one attached hydrogen (secondary N) is 1. The Kier molecular flexibility index (Phi) is 4.82. The van der Waals surface area contributed by atoms with Gasteiger partial charge in [0.15, 0.2) is 5.17 Å². The third kappa shape index (κ3) is 4.02. The molecule has 0 saturated carbocycles. The lowest BCUT2D eigenvalue weighted by Crippen LogP contribution is -2.25. The summed E-state index contributed by atoms with van der Waals surface area (Å²) in [5, 5.41) is 3.47. The maximum atomic E-state index is 12.1. The molecule has 1 atom stereocenters. The van der Waals surface area contributed by atoms with Gasteiger partial charge in [-0.2, -0.15) is 0 Å². The van der Waals surface area contributed by atoms with Gasteiger partial charge in [-0.15, -0.1) is 0 Å². The van der Waals surface area contributed by atoms with E-state index in [0.717, 1.165) is 12.1 Å². The first-order chi connectivity index (χ1) is 11.1. The molecule has 0 aliphatic carbocycles. The highest BCUT2D eigenvalue weighted by Gasteiger charge is 2.30. The SMILES string of the molecule is CC(C)c1ccc(N=C2NC(=O)[C@H](Cc3ccccc3)S2)cc1. The van der Waals surface area contributed by atoms with E-state index in [1.54, 1.807) is 0 Å². The Morgan fingerprint density at radius 2 is 1.78 bits per heavy atom. The van der Waals surface area contributed by atoms with Gasteiger partial charge in [0.25, 0.3) is 0 Å². The molecule has 3 nitrogen and oxygen atoms in total. The number of thioether (sulfide) groups is 1. The number of carbonyl (C=O) groups is 1. The van der Waals surface area contributed by atoms with E-state index in [2.05, 4.69) is 36.3 Å². The van der Waals surface area contributed by atoms with Gasteiger partial charge in [0.2, 0.25) is 5.91 Å². The second-order valence-electron chi connectivity index (χ2n) is 5.95. The minimum absolute atomic E-state index is 0.0383. The number of hydrogen-bond acceptors (Lipinski definition) is 3. The van der Waals surface area contributed by atoms with Gasteiger partial charge in [0.05, 0.1) is 10.9 Å². The van der Waals surface area contributed by atoms with E-state index < -0.39 is 0 Å². The molecule has 3 rings (SSSR count). The number of aliphatic imine (C=N–C) groups is 1. The van der Waals surface area contributed by atoms with Crippen LogP contribution in [-0.4, -0.2) is 16.3 Å². The molecule has 118 valence electrons. The summed E-state index contributed by atoms with van der Waals surface area (Å²) in [6, 6.07) is 18.3. The van der Waals surface area contributed by atoms with E-state index in [1.165, 1.54) is 22.9 Å². The van der Waals surface area contributed by atoms with Crippen LogP contribution in [0.5, 0.6) is 0 Å². The Hall–Kier alpha value is -2.07. The molecule has 1 N–H and O–H groups in total. The van der Waals surface area contributed by atoms with Crippen LogP contribution in [0.2, 0.25) is 0 Å². The Labute approximate surface area is 141 Å². The van der Waals surface area contributed by atoms with Crippen LogP contribution in [-0.2, 0) is 11.2 Å². The highest BCUT2D eigenvalue weighted by molar-refractivity contribution is 8.15. The molecule has 1 heterocycles. The number of amides is 1. The van der Waals surface area contributed by atoms with Crippen LogP contribution in [0.25, 0.3) is 0 Å². The molecular weight excluding hydrogens is 304 g/mol. The predicted octanol–water partition coefficient (Wildman–Crippen LogP) is 4.27. The van der Waals surface area contributed by atoms with E-state index in [-0.39, 0.29) is 11.2 Å². The zero-order valence-electron chi connectivity index (χ0n) is 13.3. The fourth-order valence-corrected chi connectivity index (χ4v) is 3.50. The average molecular weight is 324 g/mol. The van der Waals surface area contributed by atoms with Crippen LogP contribution in [0.1, 0.15) is 30.9 Å². The summed E-state index contributed by atoms with van der Waals surface area (Å²) in [6.07, 6.45) is 0.725. The first-order valence-corrected chi connectivity index (χ1v) is 8.70. The Morgan fingerprint density at radius 3 is 2.43 bits per heavy atom. The Bertz CT molecular complexity index is 708. The van der Waals surface area contributed by atoms with Crippen molar-refractivity contribution < 1.29 is 4.79 Å². The highest BCUT2D eigenvalue weighted by Crippen LogP contribution is 2.26. The van der Waals surface area contributed by atoms with E-state index in [9.17, 15) is 4.79 Å². The van der Waals surface area contributed by atoms with Crippen molar-refractivity contribution in [2.24, 2.45) is 4.99 Å². The van der Waals surface area contributed by atoms with Crippen molar-refractivity contribution in [1.29, 1.82) is 0 Å². The van der Waals surface area contributed by atoms with E-state index in [4.69, 9.17) is 0 Å². The standard InChI is InChI=1S/C19H20N2OS/c1-13(2)15-8-10-16(11-9-15)20-19-21-18(22)17(23-19)12-14-6-4-3-5-7-14/h3-11,13,17H,12H2,1-2H3,(H,20,21,22)/t17-/m0/s1. The molecule has 1 aliphatic heterocycles. The van der Waals surface area contributed by atoms with Crippen LogP contribution in [0.3, 0.4) is 0 Å². The van der Waals surface area contributed by atoms with Gasteiger partial charge in [-0.05, 0) is 35.6 Å². The van der Waals surface area contributed by atoms with Crippen molar-refractivity contribution in [2.45, 2.75) is 31.4 Å². The van der Waals surface area contributed by atoms with E-state index >= 15 is 0 Å². The molecule has 0 aromatic heterocycles. The molecule has 0 unspecified atom stereocenters. The van der Waals surface area contributed by atoms with E-state index in [1.807, 2.05) is 42.5 Å². The molecule has 1 saturated heterocycles. The Balaban J connectivity index is 1.69. The zero-order chi connectivity index (χ0) is 16.2. The van der Waals surface area contributed by atoms with Crippen molar-refractivity contribution in [3.63, 3.8) is 0 Å². The fourth-order valence-electron chi connectivity index (χ4n) is 2.47. The molecule has 4 heteroatoms. The van der Waals surface area contributed by atoms with E-state index in [0.29, 0.717) is 11.1 Å². The average Bonchev–Trinajstić information content (AvgIpc) is 2.88. The molecule has 0 bridgehead atoms. The predicted molar refractivity (Wildman–Crippen MR) is 97.3 cm³/mol. The van der Waals surface area contributed by atoms with Crippen molar-refractivity contribution in [3.8, 4) is 0 Å². The number of amidine groups is 1. The van der Waals surface area contributed by atoms with Gasteiger partial charge in [0.1, 0.15) is 0 Å². The van der Waals surface area contributed by atoms with Gasteiger partial charge >= 0.3 is 0 Å².